The Bertz CT molecular complexity index is 1450. The fourth-order valence-electron chi connectivity index (χ4n) is 3.68. The van der Waals surface area contributed by atoms with Crippen LogP contribution in [0.15, 0.2) is 120 Å². The van der Waals surface area contributed by atoms with Crippen LogP contribution >= 0.6 is 0 Å². The van der Waals surface area contributed by atoms with Gasteiger partial charge in [-0.1, -0.05) is 91.0 Å². The minimum absolute atomic E-state index is 0. The van der Waals surface area contributed by atoms with Crippen molar-refractivity contribution in [3.63, 3.8) is 0 Å². The van der Waals surface area contributed by atoms with E-state index in [0.717, 1.165) is 43.5 Å². The van der Waals surface area contributed by atoms with Crippen LogP contribution in [-0.4, -0.2) is 9.97 Å². The van der Waals surface area contributed by atoms with Crippen molar-refractivity contribution in [3.8, 4) is 0 Å². The summed E-state index contributed by atoms with van der Waals surface area (Å²) in [5.41, 5.74) is 3.84. The Labute approximate surface area is 212 Å². The molecule has 0 bridgehead atoms. The predicted octanol–water partition coefficient (Wildman–Crippen LogP) is 7.86. The summed E-state index contributed by atoms with van der Waals surface area (Å²) in [5, 5.41) is 9.08. The third-order valence-corrected chi connectivity index (χ3v) is 5.54. The summed E-state index contributed by atoms with van der Waals surface area (Å²) < 4.78 is 0. The molecule has 0 unspecified atom stereocenters. The van der Waals surface area contributed by atoms with Crippen LogP contribution in [0.1, 0.15) is 0 Å². The van der Waals surface area contributed by atoms with Gasteiger partial charge in [-0.05, 0) is 17.5 Å². The summed E-state index contributed by atoms with van der Waals surface area (Å²) in [6.45, 7) is 0. The third-order valence-electron chi connectivity index (χ3n) is 5.20. The summed E-state index contributed by atoms with van der Waals surface area (Å²) in [6.07, 6.45) is 3.67. The number of aromatic nitrogens is 2. The number of hydrogen-bond acceptors (Lipinski definition) is 3. The molecule has 0 atom stereocenters. The van der Waals surface area contributed by atoms with Gasteiger partial charge in [0.15, 0.2) is 0 Å². The molecule has 4 aromatic carbocycles. The molecule has 162 valence electrons. The molecule has 6 rings (SSSR count). The number of pyridine rings is 2. The van der Waals surface area contributed by atoms with Crippen molar-refractivity contribution in [2.24, 2.45) is 0 Å². The van der Waals surface area contributed by atoms with Gasteiger partial charge in [0.05, 0.1) is 11.0 Å². The second kappa shape index (κ2) is 10.5. The van der Waals surface area contributed by atoms with Crippen LogP contribution in [0.5, 0.6) is 0 Å². The van der Waals surface area contributed by atoms with Gasteiger partial charge in [0.2, 0.25) is 0 Å². The molecule has 0 saturated heterocycles. The fourth-order valence-corrected chi connectivity index (χ4v) is 3.87. The smallest absolute Gasteiger partial charge is 0.781 e. The van der Waals surface area contributed by atoms with E-state index >= 15 is 0 Å². The van der Waals surface area contributed by atoms with E-state index in [0.29, 0.717) is 0 Å². The second-order valence-corrected chi connectivity index (χ2v) is 7.73. The molecular formula is C28H19N3PtS. The van der Waals surface area contributed by atoms with E-state index in [1.54, 1.807) is 0 Å². The van der Waals surface area contributed by atoms with E-state index < -0.39 is 0 Å². The van der Waals surface area contributed by atoms with Crippen LogP contribution in [0.2, 0.25) is 0 Å². The molecule has 2 heterocycles. The Kier molecular flexibility index (Phi) is 7.29. The summed E-state index contributed by atoms with van der Waals surface area (Å²) >= 11 is 5.16. The van der Waals surface area contributed by atoms with Crippen LogP contribution in [0.25, 0.3) is 37.9 Å². The van der Waals surface area contributed by atoms with Crippen LogP contribution in [-0.2, 0) is 33.7 Å². The van der Waals surface area contributed by atoms with Crippen LogP contribution in [0.3, 0.4) is 0 Å². The van der Waals surface area contributed by atoms with Gasteiger partial charge in [0, 0.05) is 28.6 Å². The van der Waals surface area contributed by atoms with Gasteiger partial charge in [0.25, 0.3) is 0 Å². The average Bonchev–Trinajstić information content (AvgIpc) is 2.86. The maximum Gasteiger partial charge on any atom is 2.00 e. The molecule has 0 fully saturated rings. The van der Waals surface area contributed by atoms with E-state index in [9.17, 15) is 0 Å². The first kappa shape index (κ1) is 22.8. The Hall–Kier alpha value is -3.33. The average molecular weight is 625 g/mol. The molecule has 5 heteroatoms. The Morgan fingerprint density at radius 3 is 1.70 bits per heavy atom. The molecular weight excluding hydrogens is 605 g/mol. The molecule has 3 nitrogen and oxygen atoms in total. The maximum absolute atomic E-state index is 5.16. The monoisotopic (exact) mass is 624 g/mol. The molecule has 0 N–H and O–H groups in total. The Morgan fingerprint density at radius 2 is 1.09 bits per heavy atom. The van der Waals surface area contributed by atoms with E-state index in [2.05, 4.69) is 51.7 Å². The van der Waals surface area contributed by atoms with Crippen molar-refractivity contribution in [2.75, 3.05) is 0 Å². The van der Waals surface area contributed by atoms with Crippen molar-refractivity contribution in [2.45, 2.75) is 4.90 Å². The predicted molar refractivity (Wildman–Crippen MR) is 136 cm³/mol. The van der Waals surface area contributed by atoms with Crippen molar-refractivity contribution in [3.05, 3.63) is 121 Å². The van der Waals surface area contributed by atoms with Gasteiger partial charge in [-0.2, -0.15) is 10.6 Å². The van der Waals surface area contributed by atoms with Crippen LogP contribution in [0, 0.1) is 0 Å². The minimum Gasteiger partial charge on any atom is -0.781 e. The van der Waals surface area contributed by atoms with Crippen molar-refractivity contribution in [1.29, 1.82) is 0 Å². The fraction of sp³-hybridized carbons (Fsp3) is 0. The first-order valence-electron chi connectivity index (χ1n) is 10.3. The third kappa shape index (κ3) is 5.03. The molecule has 0 aliphatic carbocycles. The zero-order valence-corrected chi connectivity index (χ0v) is 20.6. The number of rotatable bonds is 2. The van der Waals surface area contributed by atoms with Crippen molar-refractivity contribution < 1.29 is 21.1 Å². The number of hydrogen-bond donors (Lipinski definition) is 0. The maximum atomic E-state index is 5.16. The molecule has 0 amide bonds. The summed E-state index contributed by atoms with van der Waals surface area (Å²) in [7, 11) is 0. The Morgan fingerprint density at radius 1 is 0.545 bits per heavy atom. The van der Waals surface area contributed by atoms with Crippen LogP contribution < -0.4 is 0 Å². The standard InChI is InChI=1S/C16H10N2.C12H10NS.Pt/c1-3-12-7-5-11-6-8-13-4-2-10-18-16(13)14(11)15(12)17-9-1;14-12-9-5-4-8-11(12)13-10-6-2-1-3-7-10;/h1-10H;1-9,14H;/q;-1;+2/p-1. The molecule has 33 heavy (non-hydrogen) atoms. The number of nitrogens with zero attached hydrogens (tertiary/aromatic N) is 3. The molecule has 0 spiro atoms. The van der Waals surface area contributed by atoms with Gasteiger partial charge in [-0.25, -0.2) is 0 Å². The SMILES string of the molecule is [Pt+2].[S-]c1ccccc1[N-]c1ccccc1.c1cnc2c(c1)ccc1ccc3cccnc3c12. The van der Waals surface area contributed by atoms with Crippen LogP contribution in [0.4, 0.5) is 11.4 Å². The molecule has 2 aromatic heterocycles. The topological polar surface area (TPSA) is 39.9 Å². The summed E-state index contributed by atoms with van der Waals surface area (Å²) in [5.74, 6) is 0. The first-order chi connectivity index (χ1) is 15.8. The first-order valence-corrected chi connectivity index (χ1v) is 10.7. The van der Waals surface area contributed by atoms with Gasteiger partial charge in [-0.3, -0.25) is 9.97 Å². The normalized spacial score (nSPS) is 10.3. The molecule has 0 radical (unpaired) electrons. The quantitative estimate of drug-likeness (QED) is 0.146. The van der Waals surface area contributed by atoms with Gasteiger partial charge < -0.3 is 17.9 Å². The van der Waals surface area contributed by atoms with Crippen molar-refractivity contribution >= 4 is 56.6 Å². The van der Waals surface area contributed by atoms with Crippen molar-refractivity contribution in [1.82, 2.24) is 9.97 Å². The zero-order valence-electron chi connectivity index (χ0n) is 17.5. The Balaban J connectivity index is 0.000000158. The van der Waals surface area contributed by atoms with Gasteiger partial charge in [0.1, 0.15) is 0 Å². The zero-order chi connectivity index (χ0) is 21.8. The van der Waals surface area contributed by atoms with Gasteiger partial charge >= 0.3 is 21.1 Å². The molecule has 0 saturated carbocycles. The largest absolute Gasteiger partial charge is 2.00 e. The molecule has 0 aliphatic rings. The second-order valence-electron chi connectivity index (χ2n) is 7.29. The number of para-hydroxylation sites is 2. The number of fused-ring (bicyclic) bond motifs is 5. The van der Waals surface area contributed by atoms with Gasteiger partial charge in [-0.15, -0.1) is 5.69 Å². The van der Waals surface area contributed by atoms with E-state index in [1.807, 2.05) is 79.1 Å². The van der Waals surface area contributed by atoms with E-state index in [1.165, 1.54) is 5.39 Å². The number of benzene rings is 4. The minimum atomic E-state index is 0. The van der Waals surface area contributed by atoms with E-state index in [4.69, 9.17) is 12.6 Å². The molecule has 6 aromatic rings. The van der Waals surface area contributed by atoms with E-state index in [-0.39, 0.29) is 21.1 Å². The summed E-state index contributed by atoms with van der Waals surface area (Å²) in [4.78, 5) is 9.83. The molecule has 0 aliphatic heterocycles. The summed E-state index contributed by atoms with van der Waals surface area (Å²) in [6, 6.07) is 34.1.